The highest BCUT2D eigenvalue weighted by atomic mass is 16.7. The van der Waals surface area contributed by atoms with E-state index in [1.165, 1.54) is 0 Å². The highest BCUT2D eigenvalue weighted by molar-refractivity contribution is 5.01. The number of hydrogen-bond donors (Lipinski definition) is 11. The molecule has 2 heterocycles. The summed E-state index contributed by atoms with van der Waals surface area (Å²) in [4.78, 5) is 0. The summed E-state index contributed by atoms with van der Waals surface area (Å²) in [5.74, 6) is 0. The molecule has 200 valence electrons. The molecule has 34 heavy (non-hydrogen) atoms. The molecule has 15 unspecified atom stereocenters. The number of aliphatic hydroxyl groups is 7. The summed E-state index contributed by atoms with van der Waals surface area (Å²) in [6.45, 7) is -0.439. The molecule has 15 nitrogen and oxygen atoms in total. The SMILES string of the molecule is CNCC1OC(OC2C(N)CC(N)C(OC3OC(CO)C(O)C(N)C3O)C2O)C(O)C(O)C1O. The molecular formula is C19H38N4O11. The average Bonchev–Trinajstić information content (AvgIpc) is 2.80. The van der Waals surface area contributed by atoms with Crippen molar-refractivity contribution in [3.63, 3.8) is 0 Å². The van der Waals surface area contributed by atoms with E-state index >= 15 is 0 Å². The van der Waals surface area contributed by atoms with Crippen LogP contribution >= 0.6 is 0 Å². The van der Waals surface area contributed by atoms with Crippen molar-refractivity contribution in [1.82, 2.24) is 5.32 Å². The Morgan fingerprint density at radius 3 is 1.79 bits per heavy atom. The number of nitrogens with two attached hydrogens (primary N) is 3. The Bertz CT molecular complexity index is 651. The second-order valence-corrected chi connectivity index (χ2v) is 9.11. The summed E-state index contributed by atoms with van der Waals surface area (Å²) in [6, 6.07) is -2.83. The monoisotopic (exact) mass is 498 g/mol. The second kappa shape index (κ2) is 11.6. The lowest BCUT2D eigenvalue weighted by molar-refractivity contribution is -0.332. The van der Waals surface area contributed by atoms with Gasteiger partial charge in [0.15, 0.2) is 12.6 Å². The third-order valence-electron chi connectivity index (χ3n) is 6.66. The molecular weight excluding hydrogens is 460 g/mol. The van der Waals surface area contributed by atoms with Crippen molar-refractivity contribution < 1.29 is 54.7 Å². The lowest BCUT2D eigenvalue weighted by Crippen LogP contribution is -2.68. The van der Waals surface area contributed by atoms with E-state index in [1.807, 2.05) is 0 Å². The Balaban J connectivity index is 1.72. The molecule has 2 aliphatic heterocycles. The lowest BCUT2D eigenvalue weighted by Gasteiger charge is -2.48. The molecule has 0 aromatic carbocycles. The van der Waals surface area contributed by atoms with Crippen LogP contribution in [0.4, 0.5) is 0 Å². The number of hydrogen-bond acceptors (Lipinski definition) is 15. The van der Waals surface area contributed by atoms with Gasteiger partial charge in [-0.2, -0.15) is 0 Å². The van der Waals surface area contributed by atoms with E-state index in [-0.39, 0.29) is 13.0 Å². The van der Waals surface area contributed by atoms with Crippen LogP contribution in [-0.2, 0) is 18.9 Å². The smallest absolute Gasteiger partial charge is 0.187 e. The fourth-order valence-corrected chi connectivity index (χ4v) is 4.58. The minimum absolute atomic E-state index is 0.0985. The summed E-state index contributed by atoms with van der Waals surface area (Å²) in [5.41, 5.74) is 18.1. The van der Waals surface area contributed by atoms with Crippen LogP contribution in [0.5, 0.6) is 0 Å². The lowest BCUT2D eigenvalue weighted by atomic mass is 9.84. The fourth-order valence-electron chi connectivity index (χ4n) is 4.58. The topological polar surface area (TPSA) is 269 Å². The van der Waals surface area contributed by atoms with E-state index in [1.54, 1.807) is 7.05 Å². The minimum atomic E-state index is -1.63. The van der Waals surface area contributed by atoms with E-state index in [0.717, 1.165) is 0 Å². The second-order valence-electron chi connectivity index (χ2n) is 9.11. The predicted molar refractivity (Wildman–Crippen MR) is 113 cm³/mol. The largest absolute Gasteiger partial charge is 0.394 e. The van der Waals surface area contributed by atoms with Gasteiger partial charge in [-0.3, -0.25) is 0 Å². The van der Waals surface area contributed by atoms with Gasteiger partial charge in [0.1, 0.15) is 61.0 Å². The Hall–Kier alpha value is -0.600. The molecule has 14 N–H and O–H groups in total. The van der Waals surface area contributed by atoms with Gasteiger partial charge in [0.05, 0.1) is 12.6 Å². The minimum Gasteiger partial charge on any atom is -0.394 e. The van der Waals surface area contributed by atoms with Crippen LogP contribution in [0.3, 0.4) is 0 Å². The molecule has 0 radical (unpaired) electrons. The zero-order valence-corrected chi connectivity index (χ0v) is 18.8. The summed E-state index contributed by atoms with van der Waals surface area (Å²) in [6.07, 6.45) is -16.1. The summed E-state index contributed by atoms with van der Waals surface area (Å²) >= 11 is 0. The van der Waals surface area contributed by atoms with E-state index in [0.29, 0.717) is 0 Å². The zero-order valence-electron chi connectivity index (χ0n) is 18.8. The molecule has 2 saturated heterocycles. The van der Waals surface area contributed by atoms with Gasteiger partial charge in [-0.15, -0.1) is 0 Å². The molecule has 0 aromatic heterocycles. The van der Waals surface area contributed by atoms with Crippen LogP contribution in [0.1, 0.15) is 6.42 Å². The molecule has 3 rings (SSSR count). The summed E-state index contributed by atoms with van der Waals surface area (Å²) < 4.78 is 22.5. The summed E-state index contributed by atoms with van der Waals surface area (Å²) in [7, 11) is 1.61. The molecule has 0 spiro atoms. The van der Waals surface area contributed by atoms with E-state index in [9.17, 15) is 35.7 Å². The fraction of sp³-hybridized carbons (Fsp3) is 1.00. The number of rotatable bonds is 7. The van der Waals surface area contributed by atoms with Crippen LogP contribution < -0.4 is 22.5 Å². The predicted octanol–water partition coefficient (Wildman–Crippen LogP) is -7.03. The van der Waals surface area contributed by atoms with Crippen molar-refractivity contribution >= 4 is 0 Å². The number of aliphatic hydroxyl groups excluding tert-OH is 7. The van der Waals surface area contributed by atoms with E-state index in [4.69, 9.17) is 36.1 Å². The van der Waals surface area contributed by atoms with Crippen LogP contribution in [0.2, 0.25) is 0 Å². The molecule has 0 amide bonds. The van der Waals surface area contributed by atoms with Crippen LogP contribution in [-0.4, -0.2) is 148 Å². The number of ether oxygens (including phenoxy) is 4. The first kappa shape index (κ1) is 28.0. The Morgan fingerprint density at radius 2 is 1.26 bits per heavy atom. The van der Waals surface area contributed by atoms with Crippen LogP contribution in [0.25, 0.3) is 0 Å². The maximum Gasteiger partial charge on any atom is 0.187 e. The molecule has 1 aliphatic carbocycles. The van der Waals surface area contributed by atoms with Gasteiger partial charge in [-0.25, -0.2) is 0 Å². The zero-order chi connectivity index (χ0) is 25.3. The van der Waals surface area contributed by atoms with Crippen molar-refractivity contribution in [3.05, 3.63) is 0 Å². The molecule has 3 aliphatic rings. The van der Waals surface area contributed by atoms with E-state index < -0.39 is 98.4 Å². The van der Waals surface area contributed by atoms with Crippen molar-refractivity contribution in [2.75, 3.05) is 20.2 Å². The van der Waals surface area contributed by atoms with Crippen molar-refractivity contribution in [2.24, 2.45) is 17.2 Å². The molecule has 3 fully saturated rings. The third kappa shape index (κ3) is 5.54. The summed E-state index contributed by atoms with van der Waals surface area (Å²) in [5, 5.41) is 74.2. The normalized spacial score (nSPS) is 52.5. The van der Waals surface area contributed by atoms with Gasteiger partial charge in [-0.05, 0) is 13.5 Å². The molecule has 0 bridgehead atoms. The maximum atomic E-state index is 11.0. The first-order valence-corrected chi connectivity index (χ1v) is 11.2. The van der Waals surface area contributed by atoms with Crippen molar-refractivity contribution in [2.45, 2.75) is 98.2 Å². The molecule has 1 saturated carbocycles. The van der Waals surface area contributed by atoms with Gasteiger partial charge in [-0.1, -0.05) is 0 Å². The first-order chi connectivity index (χ1) is 16.0. The number of likely N-dealkylation sites (N-methyl/N-ethyl adjacent to an activating group) is 1. The average molecular weight is 499 g/mol. The van der Waals surface area contributed by atoms with Crippen LogP contribution in [0.15, 0.2) is 0 Å². The van der Waals surface area contributed by atoms with Crippen LogP contribution in [0, 0.1) is 0 Å². The van der Waals surface area contributed by atoms with Crippen molar-refractivity contribution in [3.8, 4) is 0 Å². The Morgan fingerprint density at radius 1 is 0.735 bits per heavy atom. The molecule has 15 heteroatoms. The first-order valence-electron chi connectivity index (χ1n) is 11.2. The number of nitrogens with one attached hydrogen (secondary N) is 1. The van der Waals surface area contributed by atoms with Gasteiger partial charge >= 0.3 is 0 Å². The standard InChI is InChI=1S/C19H38N4O11/c1-23-3-7-11(26)13(28)14(29)19(31-7)34-17-6(21)2-5(20)16(15(17)30)33-18-12(27)9(22)10(25)8(4-24)32-18/h5-19,23-30H,2-4,20-22H2,1H3. The van der Waals surface area contributed by atoms with Gasteiger partial charge in [0.2, 0.25) is 0 Å². The molecule has 0 aromatic rings. The van der Waals surface area contributed by atoms with Gasteiger partial charge in [0, 0.05) is 18.6 Å². The Kier molecular flexibility index (Phi) is 9.57. The Labute approximate surface area is 196 Å². The third-order valence-corrected chi connectivity index (χ3v) is 6.66. The highest BCUT2D eigenvalue weighted by Gasteiger charge is 2.51. The van der Waals surface area contributed by atoms with Gasteiger partial charge in [0.25, 0.3) is 0 Å². The van der Waals surface area contributed by atoms with Crippen molar-refractivity contribution in [1.29, 1.82) is 0 Å². The molecule has 15 atom stereocenters. The quantitative estimate of drug-likeness (QED) is 0.156. The highest BCUT2D eigenvalue weighted by Crippen LogP contribution is 2.31. The van der Waals surface area contributed by atoms with E-state index in [2.05, 4.69) is 5.32 Å². The van der Waals surface area contributed by atoms with Gasteiger partial charge < -0.3 is 77.2 Å². The maximum absolute atomic E-state index is 11.0.